The summed E-state index contributed by atoms with van der Waals surface area (Å²) in [6.07, 6.45) is 0. The molecular weight excluding hydrogens is 374 g/mol. The smallest absolute Gasteiger partial charge is 0.305 e. The molecule has 136 valence electrons. The van der Waals surface area contributed by atoms with Crippen LogP contribution >= 0.6 is 11.6 Å². The van der Waals surface area contributed by atoms with Crippen LogP contribution < -0.4 is 10.9 Å². The second-order valence-corrected chi connectivity index (χ2v) is 5.76. The van der Waals surface area contributed by atoms with Gasteiger partial charge in [0.05, 0.1) is 9.95 Å². The molecule has 1 heterocycles. The Hall–Kier alpha value is -3.65. The summed E-state index contributed by atoms with van der Waals surface area (Å²) in [5.74, 6) is -0.902. The molecule has 0 fully saturated rings. The van der Waals surface area contributed by atoms with Crippen molar-refractivity contribution in [3.8, 4) is 11.3 Å². The van der Waals surface area contributed by atoms with Gasteiger partial charge in [0.15, 0.2) is 5.76 Å². The third kappa shape index (κ3) is 4.13. The molecule has 2 aromatic carbocycles. The Kier molecular flexibility index (Phi) is 5.18. The van der Waals surface area contributed by atoms with Crippen molar-refractivity contribution in [1.82, 2.24) is 10.9 Å². The van der Waals surface area contributed by atoms with Gasteiger partial charge in [-0.3, -0.25) is 30.6 Å². The van der Waals surface area contributed by atoms with Gasteiger partial charge in [0.25, 0.3) is 11.6 Å². The van der Waals surface area contributed by atoms with Crippen molar-refractivity contribution in [2.45, 2.75) is 0 Å². The van der Waals surface area contributed by atoms with Crippen molar-refractivity contribution in [2.75, 3.05) is 0 Å². The molecule has 2 N–H and O–H groups in total. The Bertz CT molecular complexity index is 1010. The van der Waals surface area contributed by atoms with E-state index in [9.17, 15) is 19.7 Å². The Labute approximate surface area is 157 Å². The molecule has 27 heavy (non-hydrogen) atoms. The van der Waals surface area contributed by atoms with Crippen LogP contribution in [0.5, 0.6) is 0 Å². The molecule has 0 saturated carbocycles. The molecule has 3 aromatic rings. The van der Waals surface area contributed by atoms with Crippen LogP contribution in [0.4, 0.5) is 5.69 Å². The van der Waals surface area contributed by atoms with Gasteiger partial charge in [-0.15, -0.1) is 0 Å². The van der Waals surface area contributed by atoms with E-state index in [0.29, 0.717) is 16.3 Å². The number of hydrazine groups is 1. The van der Waals surface area contributed by atoms with Gasteiger partial charge in [-0.25, -0.2) is 0 Å². The Morgan fingerprint density at radius 3 is 2.26 bits per heavy atom. The lowest BCUT2D eigenvalue weighted by molar-refractivity contribution is -0.384. The van der Waals surface area contributed by atoms with Gasteiger partial charge >= 0.3 is 5.91 Å². The van der Waals surface area contributed by atoms with Crippen LogP contribution in [0.25, 0.3) is 11.3 Å². The molecule has 3 rings (SSSR count). The lowest BCUT2D eigenvalue weighted by atomic mass is 10.2. The van der Waals surface area contributed by atoms with Crippen LogP contribution in [0.15, 0.2) is 65.1 Å². The van der Waals surface area contributed by atoms with Crippen LogP contribution in [0, 0.1) is 10.1 Å². The highest BCUT2D eigenvalue weighted by molar-refractivity contribution is 6.33. The topological polar surface area (TPSA) is 114 Å². The molecule has 9 heteroatoms. The minimum Gasteiger partial charge on any atom is -0.451 e. The molecule has 0 saturated heterocycles. The van der Waals surface area contributed by atoms with Gasteiger partial charge in [0.1, 0.15) is 5.76 Å². The van der Waals surface area contributed by atoms with E-state index < -0.39 is 16.7 Å². The number of nitro groups is 1. The van der Waals surface area contributed by atoms with E-state index in [1.807, 2.05) is 0 Å². The molecule has 0 aliphatic rings. The molecular formula is C18H12ClN3O5. The van der Waals surface area contributed by atoms with E-state index in [0.717, 1.165) is 0 Å². The number of benzene rings is 2. The SMILES string of the molecule is O=C(NNC(=O)c1ccc(-c2ccccc2Cl)o1)c1ccc([N+](=O)[O-])cc1. The first kappa shape index (κ1) is 18.2. The highest BCUT2D eigenvalue weighted by Gasteiger charge is 2.15. The molecule has 0 atom stereocenters. The first-order valence-corrected chi connectivity index (χ1v) is 8.03. The zero-order valence-corrected chi connectivity index (χ0v) is 14.4. The first-order valence-electron chi connectivity index (χ1n) is 7.65. The molecule has 0 aliphatic heterocycles. The van der Waals surface area contributed by atoms with E-state index in [1.54, 1.807) is 30.3 Å². The van der Waals surface area contributed by atoms with Gasteiger partial charge in [-0.05, 0) is 36.4 Å². The largest absolute Gasteiger partial charge is 0.451 e. The molecule has 8 nitrogen and oxygen atoms in total. The number of hydrogen-bond donors (Lipinski definition) is 2. The van der Waals surface area contributed by atoms with E-state index in [4.69, 9.17) is 16.0 Å². The van der Waals surface area contributed by atoms with Crippen LogP contribution in [0.2, 0.25) is 5.02 Å². The van der Waals surface area contributed by atoms with Gasteiger partial charge in [-0.1, -0.05) is 23.7 Å². The number of carbonyl (C=O) groups is 2. The zero-order valence-electron chi connectivity index (χ0n) is 13.6. The summed E-state index contributed by atoms with van der Waals surface area (Å²) in [5, 5.41) is 11.1. The molecule has 0 aliphatic carbocycles. The lowest BCUT2D eigenvalue weighted by Gasteiger charge is -2.06. The maximum absolute atomic E-state index is 12.1. The third-order valence-corrected chi connectivity index (χ3v) is 3.93. The monoisotopic (exact) mass is 385 g/mol. The predicted molar refractivity (Wildman–Crippen MR) is 97.2 cm³/mol. The third-order valence-electron chi connectivity index (χ3n) is 3.60. The van der Waals surface area contributed by atoms with Crippen LogP contribution in [-0.4, -0.2) is 16.7 Å². The van der Waals surface area contributed by atoms with Crippen LogP contribution in [0.3, 0.4) is 0 Å². The van der Waals surface area contributed by atoms with Gasteiger partial charge in [0, 0.05) is 23.3 Å². The Balaban J connectivity index is 1.63. The van der Waals surface area contributed by atoms with Crippen LogP contribution in [-0.2, 0) is 0 Å². The van der Waals surface area contributed by atoms with Crippen molar-refractivity contribution in [3.63, 3.8) is 0 Å². The minimum absolute atomic E-state index is 0.0195. The molecule has 2 amide bonds. The number of nitro benzene ring substituents is 1. The van der Waals surface area contributed by atoms with Crippen molar-refractivity contribution in [2.24, 2.45) is 0 Å². The Morgan fingerprint density at radius 2 is 1.59 bits per heavy atom. The molecule has 1 aromatic heterocycles. The standard InChI is InChI=1S/C18H12ClN3O5/c19-14-4-2-1-3-13(14)15-9-10-16(27-15)18(24)21-20-17(23)11-5-7-12(8-6-11)22(25)26/h1-10H,(H,20,23)(H,21,24). The van der Waals surface area contributed by atoms with E-state index in [1.165, 1.54) is 30.3 Å². The summed E-state index contributed by atoms with van der Waals surface area (Å²) < 4.78 is 5.47. The van der Waals surface area contributed by atoms with E-state index in [-0.39, 0.29) is 17.0 Å². The molecule has 0 spiro atoms. The zero-order chi connectivity index (χ0) is 19.4. The number of hydrogen-bond acceptors (Lipinski definition) is 5. The fraction of sp³-hybridized carbons (Fsp3) is 0. The average molecular weight is 386 g/mol. The van der Waals surface area contributed by atoms with Crippen molar-refractivity contribution in [3.05, 3.63) is 87.1 Å². The summed E-state index contributed by atoms with van der Waals surface area (Å²) in [4.78, 5) is 34.1. The number of halogens is 1. The lowest BCUT2D eigenvalue weighted by Crippen LogP contribution is -2.41. The van der Waals surface area contributed by atoms with Crippen molar-refractivity contribution in [1.29, 1.82) is 0 Å². The van der Waals surface area contributed by atoms with Crippen molar-refractivity contribution >= 4 is 29.1 Å². The van der Waals surface area contributed by atoms with Gasteiger partial charge in [0.2, 0.25) is 0 Å². The second kappa shape index (κ2) is 7.71. The maximum Gasteiger partial charge on any atom is 0.305 e. The summed E-state index contributed by atoms with van der Waals surface area (Å²) >= 11 is 6.09. The van der Waals surface area contributed by atoms with E-state index in [2.05, 4.69) is 10.9 Å². The number of amides is 2. The number of non-ortho nitro benzene ring substituents is 1. The quantitative estimate of drug-likeness (QED) is 0.526. The first-order chi connectivity index (χ1) is 13.0. The number of nitrogens with one attached hydrogen (secondary N) is 2. The molecule has 0 radical (unpaired) electrons. The molecule has 0 unspecified atom stereocenters. The number of carbonyl (C=O) groups excluding carboxylic acids is 2. The fourth-order valence-corrected chi connectivity index (χ4v) is 2.48. The summed E-state index contributed by atoms with van der Waals surface area (Å²) in [6, 6.07) is 15.0. The minimum atomic E-state index is -0.663. The maximum atomic E-state index is 12.1. The number of nitrogens with zero attached hydrogens (tertiary/aromatic N) is 1. The fourth-order valence-electron chi connectivity index (χ4n) is 2.25. The predicted octanol–water partition coefficient (Wildman–Crippen LogP) is 3.58. The number of rotatable bonds is 4. The summed E-state index contributed by atoms with van der Waals surface area (Å²) in [6.45, 7) is 0. The Morgan fingerprint density at radius 1 is 0.926 bits per heavy atom. The van der Waals surface area contributed by atoms with Crippen LogP contribution in [0.1, 0.15) is 20.9 Å². The molecule has 0 bridgehead atoms. The van der Waals surface area contributed by atoms with Gasteiger partial charge < -0.3 is 4.42 Å². The van der Waals surface area contributed by atoms with E-state index >= 15 is 0 Å². The average Bonchev–Trinajstić information content (AvgIpc) is 3.16. The van der Waals surface area contributed by atoms with Gasteiger partial charge in [-0.2, -0.15) is 0 Å². The normalized spacial score (nSPS) is 10.3. The highest BCUT2D eigenvalue weighted by Crippen LogP contribution is 2.28. The summed E-state index contributed by atoms with van der Waals surface area (Å²) in [5.41, 5.74) is 5.07. The highest BCUT2D eigenvalue weighted by atomic mass is 35.5. The number of furan rings is 1. The summed E-state index contributed by atoms with van der Waals surface area (Å²) in [7, 11) is 0. The van der Waals surface area contributed by atoms with Crippen molar-refractivity contribution < 1.29 is 18.9 Å². The second-order valence-electron chi connectivity index (χ2n) is 5.36.